The van der Waals surface area contributed by atoms with E-state index in [2.05, 4.69) is 0 Å². The highest BCUT2D eigenvalue weighted by Crippen LogP contribution is 2.34. The van der Waals surface area contributed by atoms with Crippen molar-refractivity contribution in [3.63, 3.8) is 0 Å². The normalized spacial score (nSPS) is 11.9. The number of methoxy groups -OCH3 is 1. The molecule has 0 unspecified atom stereocenters. The Labute approximate surface area is 186 Å². The van der Waals surface area contributed by atoms with Crippen molar-refractivity contribution in [1.82, 2.24) is 0 Å². The lowest BCUT2D eigenvalue weighted by Crippen LogP contribution is -2.09. The van der Waals surface area contributed by atoms with Gasteiger partial charge in [-0.15, -0.1) is 0 Å². The number of hydrogen-bond donors (Lipinski definition) is 1. The van der Waals surface area contributed by atoms with Crippen LogP contribution in [-0.2, 0) is 19.6 Å². The smallest absolute Gasteiger partial charge is 0.339 e. The van der Waals surface area contributed by atoms with Gasteiger partial charge in [0, 0.05) is 18.1 Å². The van der Waals surface area contributed by atoms with E-state index in [-0.39, 0.29) is 27.7 Å². The van der Waals surface area contributed by atoms with Crippen LogP contribution in [0.4, 0.5) is 0 Å². The molecule has 7 nitrogen and oxygen atoms in total. The first-order valence-electron chi connectivity index (χ1n) is 9.73. The van der Waals surface area contributed by atoms with Gasteiger partial charge in [-0.2, -0.15) is 8.42 Å². The van der Waals surface area contributed by atoms with Gasteiger partial charge in [0.2, 0.25) is 0 Å². The first-order valence-corrected chi connectivity index (χ1v) is 11.1. The van der Waals surface area contributed by atoms with Crippen LogP contribution in [0.3, 0.4) is 0 Å². The molecule has 3 aromatic rings. The van der Waals surface area contributed by atoms with E-state index in [9.17, 15) is 18.3 Å². The van der Waals surface area contributed by atoms with E-state index in [0.29, 0.717) is 17.7 Å². The third-order valence-electron chi connectivity index (χ3n) is 4.49. The van der Waals surface area contributed by atoms with Crippen LogP contribution in [0.2, 0.25) is 0 Å². The van der Waals surface area contributed by atoms with Gasteiger partial charge in [-0.25, -0.2) is 4.79 Å². The van der Waals surface area contributed by atoms with E-state index in [1.807, 2.05) is 0 Å². The molecule has 0 radical (unpaired) electrons. The molecular weight excluding hydrogens is 432 g/mol. The molecule has 0 saturated carbocycles. The Hall–Kier alpha value is -3.78. The van der Waals surface area contributed by atoms with Gasteiger partial charge in [-0.3, -0.25) is 0 Å². The van der Waals surface area contributed by atoms with Crippen molar-refractivity contribution < 1.29 is 32.0 Å². The van der Waals surface area contributed by atoms with Crippen LogP contribution in [0.1, 0.15) is 18.9 Å². The summed E-state index contributed by atoms with van der Waals surface area (Å²) in [4.78, 5) is 12.0. The maximum Gasteiger partial charge on any atom is 0.339 e. The molecule has 0 fully saturated rings. The second kappa shape index (κ2) is 10.0. The van der Waals surface area contributed by atoms with Crippen LogP contribution in [0.15, 0.2) is 89.5 Å². The number of allylic oxidation sites excluding steroid dienone is 1. The van der Waals surface area contributed by atoms with E-state index in [4.69, 9.17) is 13.7 Å². The summed E-state index contributed by atoms with van der Waals surface area (Å²) in [6.07, 6.45) is 0.382. The minimum atomic E-state index is -4.01. The molecule has 0 atom stereocenters. The number of benzene rings is 3. The maximum atomic E-state index is 12.5. The molecule has 32 heavy (non-hydrogen) atoms. The van der Waals surface area contributed by atoms with Crippen LogP contribution in [0.5, 0.6) is 17.2 Å². The predicted octanol–water partition coefficient (Wildman–Crippen LogP) is 5.10. The molecule has 0 aliphatic rings. The van der Waals surface area contributed by atoms with E-state index in [0.717, 1.165) is 0 Å². The summed E-state index contributed by atoms with van der Waals surface area (Å²) in [5.74, 6) is -0.233. The standard InChI is InChI=1S/C24H22O7S/c1-3-21(29-2)23(24(25)26)20-14-7-8-15-22(20)30-17-10-9-11-18(16-17)31-32(27,28)19-12-5-4-6-13-19/h4-16H,3H2,1-2H3,(H,25,26). The summed E-state index contributed by atoms with van der Waals surface area (Å²) in [7, 11) is -2.60. The molecule has 0 spiro atoms. The molecule has 0 heterocycles. The molecular formula is C24H22O7S. The molecule has 0 aromatic heterocycles. The summed E-state index contributed by atoms with van der Waals surface area (Å²) >= 11 is 0. The number of rotatable bonds is 9. The van der Waals surface area contributed by atoms with Crippen LogP contribution in [0.25, 0.3) is 5.57 Å². The van der Waals surface area contributed by atoms with Crippen molar-refractivity contribution in [2.75, 3.05) is 7.11 Å². The number of carboxylic acids is 1. The van der Waals surface area contributed by atoms with E-state index >= 15 is 0 Å². The minimum Gasteiger partial charge on any atom is -0.500 e. The van der Waals surface area contributed by atoms with Crippen LogP contribution < -0.4 is 8.92 Å². The summed E-state index contributed by atoms with van der Waals surface area (Å²) in [6, 6.07) is 20.5. The van der Waals surface area contributed by atoms with Gasteiger partial charge < -0.3 is 18.8 Å². The molecule has 1 N–H and O–H groups in total. The number of carbonyl (C=O) groups is 1. The third kappa shape index (κ3) is 5.28. The van der Waals surface area contributed by atoms with Crippen molar-refractivity contribution in [3.05, 3.63) is 90.2 Å². The Morgan fingerprint density at radius 3 is 2.22 bits per heavy atom. The van der Waals surface area contributed by atoms with E-state index < -0.39 is 16.1 Å². The summed E-state index contributed by atoms with van der Waals surface area (Å²) in [5.41, 5.74) is 0.326. The van der Waals surface area contributed by atoms with E-state index in [1.165, 1.54) is 31.4 Å². The number of aliphatic carboxylic acids is 1. The summed E-state index contributed by atoms with van der Waals surface area (Å²) < 4.78 is 41.4. The second-order valence-corrected chi connectivity index (χ2v) is 8.13. The van der Waals surface area contributed by atoms with Gasteiger partial charge in [0.05, 0.1) is 7.11 Å². The van der Waals surface area contributed by atoms with Gasteiger partial charge >= 0.3 is 16.1 Å². The number of para-hydroxylation sites is 1. The van der Waals surface area contributed by atoms with Crippen molar-refractivity contribution in [1.29, 1.82) is 0 Å². The highest BCUT2D eigenvalue weighted by molar-refractivity contribution is 7.87. The Morgan fingerprint density at radius 1 is 0.906 bits per heavy atom. The lowest BCUT2D eigenvalue weighted by molar-refractivity contribution is -0.130. The molecule has 166 valence electrons. The molecule has 8 heteroatoms. The monoisotopic (exact) mass is 454 g/mol. The molecule has 0 saturated heterocycles. The topological polar surface area (TPSA) is 99.1 Å². The number of ether oxygens (including phenoxy) is 2. The Bertz CT molecular complexity index is 1230. The summed E-state index contributed by atoms with van der Waals surface area (Å²) in [6.45, 7) is 1.79. The second-order valence-electron chi connectivity index (χ2n) is 6.58. The largest absolute Gasteiger partial charge is 0.500 e. The average Bonchev–Trinajstić information content (AvgIpc) is 2.78. The first kappa shape index (κ1) is 22.9. The van der Waals surface area contributed by atoms with Gasteiger partial charge in [-0.05, 0) is 30.3 Å². The number of hydrogen-bond acceptors (Lipinski definition) is 6. The number of carboxylic acid groups (broad SMARTS) is 1. The predicted molar refractivity (Wildman–Crippen MR) is 119 cm³/mol. The SMILES string of the molecule is CCC(OC)=C(C(=O)O)c1ccccc1Oc1cccc(OS(=O)(=O)c2ccccc2)c1. The van der Waals surface area contributed by atoms with Crippen LogP contribution >= 0.6 is 0 Å². The van der Waals surface area contributed by atoms with Crippen LogP contribution in [-0.4, -0.2) is 26.6 Å². The first-order chi connectivity index (χ1) is 15.4. The van der Waals surface area contributed by atoms with Gasteiger partial charge in [0.25, 0.3) is 0 Å². The summed E-state index contributed by atoms with van der Waals surface area (Å²) in [5, 5.41) is 9.75. The quantitative estimate of drug-likeness (QED) is 0.273. The van der Waals surface area contributed by atoms with Crippen molar-refractivity contribution in [2.45, 2.75) is 18.2 Å². The average molecular weight is 455 g/mol. The zero-order chi connectivity index (χ0) is 23.1. The molecule has 0 aliphatic heterocycles. The van der Waals surface area contributed by atoms with Gasteiger partial charge in [-0.1, -0.05) is 49.4 Å². The highest BCUT2D eigenvalue weighted by atomic mass is 32.2. The third-order valence-corrected chi connectivity index (χ3v) is 5.75. The molecule has 3 rings (SSSR count). The Balaban J connectivity index is 1.93. The fourth-order valence-corrected chi connectivity index (χ4v) is 3.99. The molecule has 0 aliphatic carbocycles. The van der Waals surface area contributed by atoms with Crippen molar-refractivity contribution >= 4 is 21.7 Å². The van der Waals surface area contributed by atoms with Gasteiger partial charge in [0.1, 0.15) is 33.5 Å². The maximum absolute atomic E-state index is 12.5. The zero-order valence-electron chi connectivity index (χ0n) is 17.5. The van der Waals surface area contributed by atoms with Gasteiger partial charge in [0.15, 0.2) is 0 Å². The van der Waals surface area contributed by atoms with E-state index in [1.54, 1.807) is 61.5 Å². The van der Waals surface area contributed by atoms with Crippen molar-refractivity contribution in [2.24, 2.45) is 0 Å². The fraction of sp³-hybridized carbons (Fsp3) is 0.125. The lowest BCUT2D eigenvalue weighted by atomic mass is 10.0. The zero-order valence-corrected chi connectivity index (χ0v) is 18.3. The minimum absolute atomic E-state index is 0.00957. The molecule has 0 bridgehead atoms. The van der Waals surface area contributed by atoms with Crippen LogP contribution in [0, 0.1) is 0 Å². The fourth-order valence-electron chi connectivity index (χ4n) is 3.05. The van der Waals surface area contributed by atoms with Crippen molar-refractivity contribution in [3.8, 4) is 17.2 Å². The lowest BCUT2D eigenvalue weighted by Gasteiger charge is -2.15. The Kier molecular flexibility index (Phi) is 7.17. The molecule has 0 amide bonds. The highest BCUT2D eigenvalue weighted by Gasteiger charge is 2.21. The Morgan fingerprint density at radius 2 is 1.56 bits per heavy atom. The molecule has 3 aromatic carbocycles.